The highest BCUT2D eigenvalue weighted by Crippen LogP contribution is 2.24. The number of carbonyl (C=O) groups excluding carboxylic acids is 1. The molecule has 0 aromatic heterocycles. The third-order valence-electron chi connectivity index (χ3n) is 2.43. The Bertz CT molecular complexity index is 571. The molecule has 0 heterocycles. The Balaban J connectivity index is 3.00. The van der Waals surface area contributed by atoms with Crippen molar-refractivity contribution in [1.82, 2.24) is 4.31 Å². The van der Waals surface area contributed by atoms with Crippen LogP contribution in [-0.4, -0.2) is 38.9 Å². The van der Waals surface area contributed by atoms with Gasteiger partial charge in [0.1, 0.15) is 11.4 Å². The largest absolute Gasteiger partial charge is 0.465 e. The van der Waals surface area contributed by atoms with Gasteiger partial charge in [0.25, 0.3) is 0 Å². The highest BCUT2D eigenvalue weighted by atomic mass is 35.5. The maximum absolute atomic E-state index is 12.2. The summed E-state index contributed by atoms with van der Waals surface area (Å²) in [5.74, 6) is -0.600. The molecule has 0 saturated carbocycles. The fourth-order valence-corrected chi connectivity index (χ4v) is 3.14. The van der Waals surface area contributed by atoms with Gasteiger partial charge in [-0.1, -0.05) is 17.7 Å². The van der Waals surface area contributed by atoms with Crippen molar-refractivity contribution in [2.45, 2.75) is 18.7 Å². The van der Waals surface area contributed by atoms with Crippen LogP contribution in [0.25, 0.3) is 0 Å². The Hall–Kier alpha value is -1.11. The average Bonchev–Trinajstić information content (AvgIpc) is 2.28. The third-order valence-corrected chi connectivity index (χ3v) is 4.72. The average molecular weight is 306 g/mol. The second-order valence-electron chi connectivity index (χ2n) is 4.00. The van der Waals surface area contributed by atoms with Gasteiger partial charge in [-0.05, 0) is 31.5 Å². The number of esters is 1. The Kier molecular flexibility index (Phi) is 5.34. The summed E-state index contributed by atoms with van der Waals surface area (Å²) in [7, 11) is -2.49. The van der Waals surface area contributed by atoms with Crippen LogP contribution in [-0.2, 0) is 19.6 Å². The number of halogens is 1. The zero-order valence-electron chi connectivity index (χ0n) is 11.0. The molecule has 5 nitrogen and oxygen atoms in total. The molecule has 0 atom stereocenters. The van der Waals surface area contributed by atoms with E-state index in [4.69, 9.17) is 16.3 Å². The quantitative estimate of drug-likeness (QED) is 0.779. The molecular formula is C12H16ClNO4S. The SMILES string of the molecule is CCOC(=O)CN(C)S(=O)(=O)c1ccc(C)cc1Cl. The maximum atomic E-state index is 12.2. The topological polar surface area (TPSA) is 63.7 Å². The molecule has 0 aliphatic carbocycles. The van der Waals surface area contributed by atoms with E-state index in [1.54, 1.807) is 19.1 Å². The van der Waals surface area contributed by atoms with Crippen molar-refractivity contribution in [1.29, 1.82) is 0 Å². The van der Waals surface area contributed by atoms with Crippen LogP contribution in [0.3, 0.4) is 0 Å². The number of sulfonamides is 1. The Morgan fingerprint density at radius 3 is 2.58 bits per heavy atom. The predicted molar refractivity (Wildman–Crippen MR) is 72.6 cm³/mol. The Morgan fingerprint density at radius 2 is 2.05 bits per heavy atom. The van der Waals surface area contributed by atoms with Gasteiger partial charge in [-0.3, -0.25) is 4.79 Å². The van der Waals surface area contributed by atoms with E-state index in [1.165, 1.54) is 13.1 Å². The summed E-state index contributed by atoms with van der Waals surface area (Å²) in [6.45, 7) is 3.33. The number of carbonyl (C=O) groups is 1. The number of aryl methyl sites for hydroxylation is 1. The molecular weight excluding hydrogens is 290 g/mol. The fraction of sp³-hybridized carbons (Fsp3) is 0.417. The normalized spacial score (nSPS) is 11.6. The summed E-state index contributed by atoms with van der Waals surface area (Å²) in [5.41, 5.74) is 0.858. The maximum Gasteiger partial charge on any atom is 0.321 e. The summed E-state index contributed by atoms with van der Waals surface area (Å²) in [6.07, 6.45) is 0. The highest BCUT2D eigenvalue weighted by molar-refractivity contribution is 7.89. The number of nitrogens with zero attached hydrogens (tertiary/aromatic N) is 1. The van der Waals surface area contributed by atoms with Crippen molar-refractivity contribution >= 4 is 27.6 Å². The third kappa shape index (κ3) is 3.92. The first-order valence-corrected chi connectivity index (χ1v) is 7.49. The van der Waals surface area contributed by atoms with Gasteiger partial charge in [-0.2, -0.15) is 4.31 Å². The molecule has 7 heteroatoms. The number of rotatable bonds is 5. The van der Waals surface area contributed by atoms with E-state index in [2.05, 4.69) is 0 Å². The summed E-state index contributed by atoms with van der Waals surface area (Å²) >= 11 is 5.93. The molecule has 1 aromatic rings. The van der Waals surface area contributed by atoms with Crippen molar-refractivity contribution in [3.8, 4) is 0 Å². The molecule has 0 aliphatic rings. The van der Waals surface area contributed by atoms with Gasteiger partial charge in [-0.25, -0.2) is 8.42 Å². The van der Waals surface area contributed by atoms with Crippen LogP contribution in [0.1, 0.15) is 12.5 Å². The van der Waals surface area contributed by atoms with Crippen LogP contribution in [0.4, 0.5) is 0 Å². The predicted octanol–water partition coefficient (Wildman–Crippen LogP) is 1.83. The Labute approximate surface area is 118 Å². The molecule has 1 aromatic carbocycles. The van der Waals surface area contributed by atoms with Crippen molar-refractivity contribution in [3.63, 3.8) is 0 Å². The molecule has 0 bridgehead atoms. The number of hydrogen-bond donors (Lipinski definition) is 0. The van der Waals surface area contributed by atoms with Gasteiger partial charge in [0, 0.05) is 7.05 Å². The molecule has 0 N–H and O–H groups in total. The summed E-state index contributed by atoms with van der Waals surface area (Å²) in [4.78, 5) is 11.3. The molecule has 0 amide bonds. The monoisotopic (exact) mass is 305 g/mol. The van der Waals surface area contributed by atoms with Gasteiger partial charge < -0.3 is 4.74 Å². The van der Waals surface area contributed by atoms with Crippen molar-refractivity contribution in [2.75, 3.05) is 20.2 Å². The molecule has 0 unspecified atom stereocenters. The molecule has 19 heavy (non-hydrogen) atoms. The zero-order chi connectivity index (χ0) is 14.6. The van der Waals surface area contributed by atoms with E-state index in [1.807, 2.05) is 6.92 Å². The fourth-order valence-electron chi connectivity index (χ4n) is 1.46. The van der Waals surface area contributed by atoms with Crippen LogP contribution < -0.4 is 0 Å². The van der Waals surface area contributed by atoms with E-state index < -0.39 is 16.0 Å². The van der Waals surface area contributed by atoms with Gasteiger partial charge >= 0.3 is 5.97 Å². The molecule has 0 radical (unpaired) electrons. The number of likely N-dealkylation sites (N-methyl/N-ethyl adjacent to an activating group) is 1. The van der Waals surface area contributed by atoms with E-state index in [-0.39, 0.29) is 23.1 Å². The molecule has 0 spiro atoms. The summed E-state index contributed by atoms with van der Waals surface area (Å²) in [6, 6.07) is 4.64. The van der Waals surface area contributed by atoms with Crippen LogP contribution >= 0.6 is 11.6 Å². The first-order chi connectivity index (χ1) is 8.78. The zero-order valence-corrected chi connectivity index (χ0v) is 12.6. The molecule has 106 valence electrons. The lowest BCUT2D eigenvalue weighted by molar-refractivity contribution is -0.143. The van der Waals surface area contributed by atoms with Gasteiger partial charge in [0.05, 0.1) is 11.6 Å². The van der Waals surface area contributed by atoms with Gasteiger partial charge in [0.2, 0.25) is 10.0 Å². The van der Waals surface area contributed by atoms with Crippen LogP contribution in [0.2, 0.25) is 5.02 Å². The first kappa shape index (κ1) is 15.9. The molecule has 0 fully saturated rings. The van der Waals surface area contributed by atoms with Crippen LogP contribution in [0.5, 0.6) is 0 Å². The Morgan fingerprint density at radius 1 is 1.42 bits per heavy atom. The van der Waals surface area contributed by atoms with Gasteiger partial charge in [-0.15, -0.1) is 0 Å². The minimum Gasteiger partial charge on any atom is -0.465 e. The van der Waals surface area contributed by atoms with Gasteiger partial charge in [0.15, 0.2) is 0 Å². The molecule has 1 rings (SSSR count). The number of benzene rings is 1. The second kappa shape index (κ2) is 6.36. The van der Waals surface area contributed by atoms with Crippen molar-refractivity contribution < 1.29 is 17.9 Å². The molecule has 0 aliphatic heterocycles. The lowest BCUT2D eigenvalue weighted by Crippen LogP contribution is -2.33. The number of hydrogen-bond acceptors (Lipinski definition) is 4. The first-order valence-electron chi connectivity index (χ1n) is 5.67. The van der Waals surface area contributed by atoms with Crippen LogP contribution in [0, 0.1) is 6.92 Å². The molecule has 0 saturated heterocycles. The lowest BCUT2D eigenvalue weighted by atomic mass is 10.2. The lowest BCUT2D eigenvalue weighted by Gasteiger charge is -2.17. The smallest absolute Gasteiger partial charge is 0.321 e. The van der Waals surface area contributed by atoms with Crippen molar-refractivity contribution in [2.24, 2.45) is 0 Å². The standard InChI is InChI=1S/C12H16ClNO4S/c1-4-18-12(15)8-14(3)19(16,17)11-6-5-9(2)7-10(11)13/h5-7H,4,8H2,1-3H3. The summed E-state index contributed by atoms with van der Waals surface area (Å²) < 4.78 is 30.1. The van der Waals surface area contributed by atoms with E-state index >= 15 is 0 Å². The second-order valence-corrected chi connectivity index (χ2v) is 6.42. The van der Waals surface area contributed by atoms with Crippen LogP contribution in [0.15, 0.2) is 23.1 Å². The summed E-state index contributed by atoms with van der Waals surface area (Å²) in [5, 5.41) is 0.135. The van der Waals surface area contributed by atoms with Crippen molar-refractivity contribution in [3.05, 3.63) is 28.8 Å². The van der Waals surface area contributed by atoms with E-state index in [0.29, 0.717) is 0 Å². The highest BCUT2D eigenvalue weighted by Gasteiger charge is 2.25. The van der Waals surface area contributed by atoms with E-state index in [0.717, 1.165) is 9.87 Å². The minimum absolute atomic E-state index is 0.0217. The minimum atomic E-state index is -3.80. The number of ether oxygens (including phenoxy) is 1. The van der Waals surface area contributed by atoms with E-state index in [9.17, 15) is 13.2 Å².